The Labute approximate surface area is 205 Å². The number of amides is 1. The van der Waals surface area contributed by atoms with Crippen molar-refractivity contribution < 1.29 is 33.6 Å². The Bertz CT molecular complexity index is 1140. The molecule has 1 amide bonds. The van der Waals surface area contributed by atoms with Gasteiger partial charge in [-0.3, -0.25) is 9.59 Å². The Morgan fingerprint density at radius 2 is 1.74 bits per heavy atom. The van der Waals surface area contributed by atoms with Gasteiger partial charge in [-0.15, -0.1) is 0 Å². The molecule has 2 aliphatic rings. The topological polar surface area (TPSA) is 94.5 Å². The number of carbonyl (C=O) groups excluding carboxylic acids is 2. The molecule has 2 heterocycles. The van der Waals surface area contributed by atoms with Crippen LogP contribution in [0.5, 0.6) is 23.0 Å². The summed E-state index contributed by atoms with van der Waals surface area (Å²) in [5.74, 6) is 0.463. The van der Waals surface area contributed by atoms with Crippen LogP contribution in [0.15, 0.2) is 42.0 Å². The number of hydrogen-bond donors (Lipinski definition) is 1. The fourth-order valence-corrected chi connectivity index (χ4v) is 4.39. The number of likely N-dealkylation sites (tertiary alicyclic amines) is 1. The zero-order valence-corrected chi connectivity index (χ0v) is 20.3. The Balaban J connectivity index is 1.86. The second-order valence-corrected chi connectivity index (χ2v) is 8.27. The van der Waals surface area contributed by atoms with E-state index in [0.29, 0.717) is 67.1 Å². The van der Waals surface area contributed by atoms with E-state index >= 15 is 0 Å². The minimum atomic E-state index is -0.765. The van der Waals surface area contributed by atoms with E-state index in [4.69, 9.17) is 18.9 Å². The monoisotopic (exact) mass is 481 g/mol. The maximum absolute atomic E-state index is 13.3. The summed E-state index contributed by atoms with van der Waals surface area (Å²) >= 11 is 0. The normalized spacial score (nSPS) is 18.6. The summed E-state index contributed by atoms with van der Waals surface area (Å²) in [5.41, 5.74) is 1.01. The van der Waals surface area contributed by atoms with E-state index in [0.717, 1.165) is 12.8 Å². The Morgan fingerprint density at radius 1 is 1.00 bits per heavy atom. The van der Waals surface area contributed by atoms with Crippen LogP contribution in [0.25, 0.3) is 5.76 Å². The van der Waals surface area contributed by atoms with Gasteiger partial charge in [-0.05, 0) is 50.1 Å². The smallest absolute Gasteiger partial charge is 0.295 e. The number of hydrogen-bond acceptors (Lipinski definition) is 7. The first kappa shape index (κ1) is 24.4. The minimum absolute atomic E-state index is 0.0212. The van der Waals surface area contributed by atoms with Crippen LogP contribution in [0.3, 0.4) is 0 Å². The molecule has 0 bridgehead atoms. The molecular formula is C27H31NO7. The number of ketones is 1. The summed E-state index contributed by atoms with van der Waals surface area (Å²) in [6.07, 6.45) is 1.58. The van der Waals surface area contributed by atoms with Crippen molar-refractivity contribution in [3.63, 3.8) is 0 Å². The predicted molar refractivity (Wildman–Crippen MR) is 130 cm³/mol. The molecule has 0 aromatic heterocycles. The molecule has 1 N–H and O–H groups in total. The van der Waals surface area contributed by atoms with Gasteiger partial charge in [-0.1, -0.05) is 19.4 Å². The molecule has 4 rings (SSSR count). The second kappa shape index (κ2) is 10.7. The van der Waals surface area contributed by atoms with Crippen LogP contribution in [0.2, 0.25) is 0 Å². The standard InChI is InChI=1S/C27H31NO7/c1-4-7-12-28-24(17-8-11-20-22(15-17)35-14-13-34-20)23(26(30)27(28)31)25(29)19-10-9-18(32-5-2)16-21(19)33-6-3/h8-11,15-16,24,29H,4-7,12-14H2,1-3H3/b25-23-. The van der Waals surface area contributed by atoms with Crippen molar-refractivity contribution in [2.45, 2.75) is 39.7 Å². The van der Waals surface area contributed by atoms with E-state index in [1.807, 2.05) is 20.8 Å². The molecular weight excluding hydrogens is 450 g/mol. The molecule has 1 atom stereocenters. The lowest BCUT2D eigenvalue weighted by atomic mass is 9.94. The lowest BCUT2D eigenvalue weighted by molar-refractivity contribution is -0.139. The first-order valence-corrected chi connectivity index (χ1v) is 12.1. The average molecular weight is 482 g/mol. The summed E-state index contributed by atoms with van der Waals surface area (Å²) in [6, 6.07) is 9.61. The molecule has 2 aromatic rings. The molecule has 8 heteroatoms. The summed E-state index contributed by atoms with van der Waals surface area (Å²) in [5, 5.41) is 11.5. The molecule has 0 radical (unpaired) electrons. The highest BCUT2D eigenvalue weighted by Gasteiger charge is 2.46. The molecule has 1 fully saturated rings. The van der Waals surface area contributed by atoms with Crippen molar-refractivity contribution >= 4 is 17.4 Å². The highest BCUT2D eigenvalue weighted by Crippen LogP contribution is 2.44. The van der Waals surface area contributed by atoms with Crippen molar-refractivity contribution in [3.05, 3.63) is 53.1 Å². The number of carbonyl (C=O) groups is 2. The molecule has 0 spiro atoms. The molecule has 1 unspecified atom stereocenters. The summed E-state index contributed by atoms with van der Waals surface area (Å²) in [6.45, 7) is 7.81. The fourth-order valence-electron chi connectivity index (χ4n) is 4.39. The van der Waals surface area contributed by atoms with Gasteiger partial charge >= 0.3 is 0 Å². The van der Waals surface area contributed by atoms with Gasteiger partial charge in [0.15, 0.2) is 11.5 Å². The van der Waals surface area contributed by atoms with Crippen molar-refractivity contribution in [3.8, 4) is 23.0 Å². The third kappa shape index (κ3) is 4.78. The molecule has 2 aliphatic heterocycles. The second-order valence-electron chi connectivity index (χ2n) is 8.27. The van der Waals surface area contributed by atoms with Crippen LogP contribution in [0.4, 0.5) is 0 Å². The third-order valence-corrected chi connectivity index (χ3v) is 5.99. The maximum Gasteiger partial charge on any atom is 0.295 e. The van der Waals surface area contributed by atoms with Crippen molar-refractivity contribution in [2.24, 2.45) is 0 Å². The Kier molecular flexibility index (Phi) is 7.48. The quantitative estimate of drug-likeness (QED) is 0.321. The van der Waals surface area contributed by atoms with Gasteiger partial charge in [0.25, 0.3) is 11.7 Å². The van der Waals surface area contributed by atoms with Crippen LogP contribution in [0, 0.1) is 0 Å². The van der Waals surface area contributed by atoms with E-state index in [-0.39, 0.29) is 11.3 Å². The summed E-state index contributed by atoms with van der Waals surface area (Å²) in [4.78, 5) is 27.9. The number of Topliss-reactive ketones (excluding diaryl/α,β-unsaturated/α-hetero) is 1. The van der Waals surface area contributed by atoms with Gasteiger partial charge in [-0.2, -0.15) is 0 Å². The molecule has 2 aromatic carbocycles. The van der Waals surface area contributed by atoms with Gasteiger partial charge in [0.1, 0.15) is 30.5 Å². The van der Waals surface area contributed by atoms with Gasteiger partial charge in [0.05, 0.1) is 30.4 Å². The Hall–Kier alpha value is -3.68. The maximum atomic E-state index is 13.3. The number of rotatable bonds is 9. The number of aliphatic hydroxyl groups excluding tert-OH is 1. The first-order chi connectivity index (χ1) is 17.0. The summed E-state index contributed by atoms with van der Waals surface area (Å²) in [7, 11) is 0. The summed E-state index contributed by atoms with van der Waals surface area (Å²) < 4.78 is 22.7. The molecule has 8 nitrogen and oxygen atoms in total. The minimum Gasteiger partial charge on any atom is -0.507 e. The van der Waals surface area contributed by atoms with Crippen molar-refractivity contribution in [2.75, 3.05) is 33.0 Å². The van der Waals surface area contributed by atoms with Gasteiger partial charge in [0.2, 0.25) is 0 Å². The van der Waals surface area contributed by atoms with Crippen molar-refractivity contribution in [1.82, 2.24) is 4.90 Å². The van der Waals surface area contributed by atoms with Crippen LogP contribution in [-0.2, 0) is 9.59 Å². The van der Waals surface area contributed by atoms with Gasteiger partial charge in [0, 0.05) is 12.6 Å². The molecule has 186 valence electrons. The highest BCUT2D eigenvalue weighted by atomic mass is 16.6. The van der Waals surface area contributed by atoms with Gasteiger partial charge in [-0.25, -0.2) is 0 Å². The van der Waals surface area contributed by atoms with Crippen LogP contribution in [0.1, 0.15) is 50.8 Å². The lowest BCUT2D eigenvalue weighted by Crippen LogP contribution is -2.30. The van der Waals surface area contributed by atoms with E-state index in [9.17, 15) is 14.7 Å². The number of ether oxygens (including phenoxy) is 4. The average Bonchev–Trinajstić information content (AvgIpc) is 3.12. The number of aliphatic hydroxyl groups is 1. The zero-order chi connectivity index (χ0) is 24.9. The predicted octanol–water partition coefficient (Wildman–Crippen LogP) is 4.48. The van der Waals surface area contributed by atoms with Crippen LogP contribution < -0.4 is 18.9 Å². The number of nitrogens with zero attached hydrogens (tertiary/aromatic N) is 1. The lowest BCUT2D eigenvalue weighted by Gasteiger charge is -2.27. The largest absolute Gasteiger partial charge is 0.507 e. The Morgan fingerprint density at radius 3 is 2.46 bits per heavy atom. The zero-order valence-electron chi connectivity index (χ0n) is 20.3. The molecule has 35 heavy (non-hydrogen) atoms. The number of fused-ring (bicyclic) bond motifs is 1. The van der Waals surface area contributed by atoms with E-state index in [1.165, 1.54) is 4.90 Å². The van der Waals surface area contributed by atoms with Gasteiger partial charge < -0.3 is 29.0 Å². The van der Waals surface area contributed by atoms with E-state index in [1.54, 1.807) is 36.4 Å². The van der Waals surface area contributed by atoms with Crippen LogP contribution in [-0.4, -0.2) is 54.7 Å². The van der Waals surface area contributed by atoms with E-state index in [2.05, 4.69) is 0 Å². The first-order valence-electron chi connectivity index (χ1n) is 12.1. The molecule has 0 aliphatic carbocycles. The fraction of sp³-hybridized carbons (Fsp3) is 0.407. The molecule has 0 saturated carbocycles. The number of benzene rings is 2. The third-order valence-electron chi connectivity index (χ3n) is 5.99. The molecule has 1 saturated heterocycles. The van der Waals surface area contributed by atoms with Crippen molar-refractivity contribution in [1.29, 1.82) is 0 Å². The van der Waals surface area contributed by atoms with E-state index < -0.39 is 17.7 Å². The number of unbranched alkanes of at least 4 members (excludes halogenated alkanes) is 1. The SMILES string of the molecule is CCCCN1C(=O)C(=O)/C(=C(\O)c2ccc(OCC)cc2OCC)C1c1ccc2c(c1)OCCO2. The highest BCUT2D eigenvalue weighted by molar-refractivity contribution is 6.46. The van der Waals surface area contributed by atoms with Crippen LogP contribution >= 0.6 is 0 Å².